The number of hydrogen-bond donors (Lipinski definition) is 2. The maximum atomic E-state index is 12.7. The lowest BCUT2D eigenvalue weighted by Crippen LogP contribution is -2.31. The number of H-pyrrole nitrogens is 1. The van der Waals surface area contributed by atoms with E-state index in [1.807, 2.05) is 34.7 Å². The highest BCUT2D eigenvalue weighted by Gasteiger charge is 2.21. The van der Waals surface area contributed by atoms with Crippen molar-refractivity contribution in [3.8, 4) is 11.5 Å². The van der Waals surface area contributed by atoms with Gasteiger partial charge < -0.3 is 9.84 Å². The van der Waals surface area contributed by atoms with E-state index in [1.165, 1.54) is 4.57 Å². The molecule has 3 rings (SSSR count). The summed E-state index contributed by atoms with van der Waals surface area (Å²) in [6, 6.07) is 1.98. The Labute approximate surface area is 174 Å². The van der Waals surface area contributed by atoms with Gasteiger partial charge >= 0.3 is 5.69 Å². The van der Waals surface area contributed by atoms with Crippen molar-refractivity contribution in [2.24, 2.45) is 0 Å². The first-order valence-corrected chi connectivity index (χ1v) is 9.53. The van der Waals surface area contributed by atoms with E-state index in [9.17, 15) is 9.59 Å². The molecule has 0 fully saturated rings. The van der Waals surface area contributed by atoms with E-state index in [0.717, 1.165) is 12.1 Å². The molecule has 1 unspecified atom stereocenters. The van der Waals surface area contributed by atoms with E-state index in [0.29, 0.717) is 30.0 Å². The molecule has 0 aromatic carbocycles. The van der Waals surface area contributed by atoms with Crippen molar-refractivity contribution in [3.05, 3.63) is 38.4 Å². The predicted octanol–water partition coefficient (Wildman–Crippen LogP) is 2.24. The van der Waals surface area contributed by atoms with Crippen LogP contribution in [-0.4, -0.2) is 37.8 Å². The van der Waals surface area contributed by atoms with Gasteiger partial charge in [-0.3, -0.25) is 14.3 Å². The fourth-order valence-corrected chi connectivity index (χ4v) is 3.01. The average molecular weight is 423 g/mol. The van der Waals surface area contributed by atoms with Crippen LogP contribution in [0.4, 0.5) is 0 Å². The maximum absolute atomic E-state index is 12.7. The Morgan fingerprint density at radius 1 is 1.24 bits per heavy atom. The third-order valence-electron chi connectivity index (χ3n) is 4.69. The van der Waals surface area contributed by atoms with Gasteiger partial charge in [0.1, 0.15) is 0 Å². The van der Waals surface area contributed by atoms with Crippen LogP contribution in [0.1, 0.15) is 51.6 Å². The quantitative estimate of drug-likeness (QED) is 0.599. The minimum absolute atomic E-state index is 0. The molecule has 29 heavy (non-hydrogen) atoms. The van der Waals surface area contributed by atoms with Crippen molar-refractivity contribution in [1.82, 2.24) is 30.0 Å². The zero-order valence-electron chi connectivity index (χ0n) is 17.3. The summed E-state index contributed by atoms with van der Waals surface area (Å²) in [7, 11) is 1.86. The molecule has 0 aliphatic carbocycles. The van der Waals surface area contributed by atoms with Crippen LogP contribution in [0.5, 0.6) is 0 Å². The molecule has 0 saturated carbocycles. The van der Waals surface area contributed by atoms with E-state index in [2.05, 4.69) is 25.4 Å². The van der Waals surface area contributed by atoms with Gasteiger partial charge in [-0.2, -0.15) is 4.98 Å². The summed E-state index contributed by atoms with van der Waals surface area (Å²) in [6.45, 7) is 8.43. The van der Waals surface area contributed by atoms with Crippen LogP contribution < -0.4 is 16.6 Å². The number of aromatic nitrogens is 5. The third-order valence-corrected chi connectivity index (χ3v) is 4.69. The molecule has 3 heterocycles. The Hall–Kier alpha value is -2.52. The second kappa shape index (κ2) is 9.32. The maximum Gasteiger partial charge on any atom is 0.329 e. The fraction of sp³-hybridized carbons (Fsp3) is 0.526. The number of aryl methyl sites for hydroxylation is 1. The van der Waals surface area contributed by atoms with Crippen LogP contribution in [0.3, 0.4) is 0 Å². The van der Waals surface area contributed by atoms with Crippen LogP contribution in [-0.2, 0) is 13.0 Å². The number of nitrogens with one attached hydrogen (secondary N) is 2. The first kappa shape index (κ1) is 22.8. The molecular formula is C19H27ClN6O3. The lowest BCUT2D eigenvalue weighted by molar-refractivity contribution is 0.418. The van der Waals surface area contributed by atoms with Gasteiger partial charge in [0.2, 0.25) is 0 Å². The fourth-order valence-electron chi connectivity index (χ4n) is 3.01. The Morgan fingerprint density at radius 3 is 2.59 bits per heavy atom. The highest BCUT2D eigenvalue weighted by molar-refractivity contribution is 5.90. The van der Waals surface area contributed by atoms with E-state index < -0.39 is 11.2 Å². The zero-order valence-corrected chi connectivity index (χ0v) is 18.1. The molecular weight excluding hydrogens is 396 g/mol. The molecule has 0 spiro atoms. The van der Waals surface area contributed by atoms with Crippen LogP contribution >= 0.6 is 12.4 Å². The van der Waals surface area contributed by atoms with E-state index in [-0.39, 0.29) is 35.6 Å². The monoisotopic (exact) mass is 422 g/mol. The standard InChI is InChI=1S/C19H26N6O3.ClH/c1-6-7-25-16-15(17(26)23-19(25)27)12(9-13(21-16)10(2)3)18-22-14(24-28-18)8-11(4)20-5;/h9-11,20H,6-8H2,1-5H3,(H,23,26,27);1H. The van der Waals surface area contributed by atoms with Crippen molar-refractivity contribution in [2.45, 2.75) is 59.0 Å². The van der Waals surface area contributed by atoms with Crippen LogP contribution in [0, 0.1) is 0 Å². The van der Waals surface area contributed by atoms with Gasteiger partial charge in [0.05, 0.1) is 10.9 Å². The van der Waals surface area contributed by atoms with Crippen molar-refractivity contribution >= 4 is 23.4 Å². The van der Waals surface area contributed by atoms with Crippen molar-refractivity contribution in [3.63, 3.8) is 0 Å². The number of aromatic amines is 1. The molecule has 0 saturated heterocycles. The second-order valence-electron chi connectivity index (χ2n) is 7.27. The van der Waals surface area contributed by atoms with Gasteiger partial charge in [-0.05, 0) is 32.4 Å². The molecule has 0 bridgehead atoms. The Morgan fingerprint density at radius 2 is 1.97 bits per heavy atom. The molecule has 3 aromatic heterocycles. The Bertz CT molecular complexity index is 1100. The first-order chi connectivity index (χ1) is 13.3. The van der Waals surface area contributed by atoms with Gasteiger partial charge in [-0.1, -0.05) is 25.9 Å². The van der Waals surface area contributed by atoms with Gasteiger partial charge in [0.25, 0.3) is 11.4 Å². The average Bonchev–Trinajstić information content (AvgIpc) is 3.12. The lowest BCUT2D eigenvalue weighted by Gasteiger charge is -2.13. The minimum Gasteiger partial charge on any atom is -0.334 e. The van der Waals surface area contributed by atoms with Crippen LogP contribution in [0.15, 0.2) is 20.2 Å². The summed E-state index contributed by atoms with van der Waals surface area (Å²) in [5.74, 6) is 0.894. The molecule has 9 nitrogen and oxygen atoms in total. The largest absolute Gasteiger partial charge is 0.334 e. The topological polar surface area (TPSA) is 119 Å². The Kier molecular flexibility index (Phi) is 7.32. The first-order valence-electron chi connectivity index (χ1n) is 9.53. The van der Waals surface area contributed by atoms with E-state index >= 15 is 0 Å². The minimum atomic E-state index is -0.506. The van der Waals surface area contributed by atoms with Gasteiger partial charge in [0.15, 0.2) is 11.5 Å². The van der Waals surface area contributed by atoms with Crippen LogP contribution in [0.2, 0.25) is 0 Å². The Balaban J connectivity index is 0.00000300. The summed E-state index contributed by atoms with van der Waals surface area (Å²) in [5.41, 5.74) is 0.623. The summed E-state index contributed by atoms with van der Waals surface area (Å²) < 4.78 is 6.96. The lowest BCUT2D eigenvalue weighted by atomic mass is 10.0. The summed E-state index contributed by atoms with van der Waals surface area (Å²) in [6.07, 6.45) is 1.33. The highest BCUT2D eigenvalue weighted by atomic mass is 35.5. The number of hydrogen-bond acceptors (Lipinski definition) is 7. The van der Waals surface area contributed by atoms with E-state index in [4.69, 9.17) is 4.52 Å². The molecule has 2 N–H and O–H groups in total. The number of fused-ring (bicyclic) bond motifs is 1. The molecule has 0 radical (unpaired) electrons. The highest BCUT2D eigenvalue weighted by Crippen LogP contribution is 2.27. The van der Waals surface area contributed by atoms with Gasteiger partial charge in [0, 0.05) is 24.7 Å². The molecule has 158 valence electrons. The smallest absolute Gasteiger partial charge is 0.329 e. The normalized spacial score (nSPS) is 12.3. The molecule has 3 aromatic rings. The van der Waals surface area contributed by atoms with Crippen molar-refractivity contribution in [1.29, 1.82) is 0 Å². The number of halogens is 1. The summed E-state index contributed by atoms with van der Waals surface area (Å²) >= 11 is 0. The number of rotatable bonds is 7. The number of pyridine rings is 1. The molecule has 10 heteroatoms. The third kappa shape index (κ3) is 4.56. The molecule has 0 amide bonds. The summed E-state index contributed by atoms with van der Waals surface area (Å²) in [5, 5.41) is 7.46. The summed E-state index contributed by atoms with van der Waals surface area (Å²) in [4.78, 5) is 36.5. The predicted molar refractivity (Wildman–Crippen MR) is 114 cm³/mol. The van der Waals surface area contributed by atoms with Crippen molar-refractivity contribution < 1.29 is 4.52 Å². The second-order valence-corrected chi connectivity index (χ2v) is 7.27. The van der Waals surface area contributed by atoms with Gasteiger partial charge in [-0.15, -0.1) is 12.4 Å². The van der Waals surface area contributed by atoms with Crippen LogP contribution in [0.25, 0.3) is 22.5 Å². The van der Waals surface area contributed by atoms with Gasteiger partial charge in [-0.25, -0.2) is 9.78 Å². The molecule has 1 atom stereocenters. The SMILES string of the molecule is CCCn1c(=O)[nH]c(=O)c2c(-c3nc(CC(C)NC)no3)cc(C(C)C)nc21.Cl. The number of likely N-dealkylation sites (N-methyl/N-ethyl adjacent to an activating group) is 1. The van der Waals surface area contributed by atoms with E-state index in [1.54, 1.807) is 6.07 Å². The van der Waals surface area contributed by atoms with Crippen molar-refractivity contribution in [2.75, 3.05) is 7.05 Å². The molecule has 0 aliphatic heterocycles. The zero-order chi connectivity index (χ0) is 20.4. The number of nitrogens with zero attached hydrogens (tertiary/aromatic N) is 4. The molecule has 0 aliphatic rings.